The quantitative estimate of drug-likeness (QED) is 0.884. The summed E-state index contributed by atoms with van der Waals surface area (Å²) in [6, 6.07) is 13.6. The Morgan fingerprint density at radius 3 is 2.43 bits per heavy atom. The van der Waals surface area contributed by atoms with Crippen molar-refractivity contribution in [2.75, 3.05) is 11.9 Å². The van der Waals surface area contributed by atoms with Crippen molar-refractivity contribution in [1.82, 2.24) is 5.32 Å². The van der Waals surface area contributed by atoms with Crippen molar-refractivity contribution in [3.05, 3.63) is 64.2 Å². The van der Waals surface area contributed by atoms with Crippen LogP contribution in [0, 0.1) is 13.8 Å². The summed E-state index contributed by atoms with van der Waals surface area (Å²) < 4.78 is 0. The molecule has 0 heterocycles. The second-order valence-corrected chi connectivity index (χ2v) is 5.48. The molecule has 2 aromatic carbocycles. The fraction of sp³-hybridized carbons (Fsp3) is 0.235. The molecule has 0 aliphatic heterocycles. The van der Waals surface area contributed by atoms with Crippen molar-refractivity contribution in [3.8, 4) is 0 Å². The van der Waals surface area contributed by atoms with Gasteiger partial charge >= 0.3 is 0 Å². The molecular formula is C17H19ClN2O. The predicted octanol–water partition coefficient (Wildman–Crippen LogP) is 3.69. The highest BCUT2D eigenvalue weighted by molar-refractivity contribution is 6.30. The van der Waals surface area contributed by atoms with Gasteiger partial charge in [0.25, 0.3) is 0 Å². The molecule has 110 valence electrons. The van der Waals surface area contributed by atoms with E-state index in [2.05, 4.69) is 10.6 Å². The van der Waals surface area contributed by atoms with E-state index in [9.17, 15) is 4.79 Å². The number of hydrogen-bond acceptors (Lipinski definition) is 2. The molecule has 0 aromatic heterocycles. The average Bonchev–Trinajstić information content (AvgIpc) is 2.43. The van der Waals surface area contributed by atoms with E-state index in [4.69, 9.17) is 11.6 Å². The lowest BCUT2D eigenvalue weighted by molar-refractivity contribution is -0.115. The van der Waals surface area contributed by atoms with Crippen molar-refractivity contribution < 1.29 is 4.79 Å². The number of hydrogen-bond donors (Lipinski definition) is 2. The molecule has 0 saturated carbocycles. The normalized spacial score (nSPS) is 10.4. The summed E-state index contributed by atoms with van der Waals surface area (Å²) in [5, 5.41) is 6.77. The van der Waals surface area contributed by atoms with E-state index < -0.39 is 0 Å². The van der Waals surface area contributed by atoms with Gasteiger partial charge in [-0.25, -0.2) is 0 Å². The molecule has 3 nitrogen and oxygen atoms in total. The van der Waals surface area contributed by atoms with Crippen LogP contribution in [-0.2, 0) is 11.3 Å². The van der Waals surface area contributed by atoms with E-state index in [0.717, 1.165) is 22.4 Å². The van der Waals surface area contributed by atoms with Crippen molar-refractivity contribution in [3.63, 3.8) is 0 Å². The third-order valence-electron chi connectivity index (χ3n) is 3.25. The minimum Gasteiger partial charge on any atom is -0.324 e. The second-order valence-electron chi connectivity index (χ2n) is 5.05. The number of amides is 1. The molecule has 0 aliphatic rings. The molecule has 4 heteroatoms. The van der Waals surface area contributed by atoms with Crippen molar-refractivity contribution in [1.29, 1.82) is 0 Å². The molecule has 1 amide bonds. The van der Waals surface area contributed by atoms with Crippen LogP contribution in [-0.4, -0.2) is 12.5 Å². The standard InChI is InChI=1S/C17H19ClN2O/c1-12-5-3-6-13(2)17(12)20-16(21)11-19-10-14-7-4-8-15(18)9-14/h3-9,19H,10-11H2,1-2H3,(H,20,21). The lowest BCUT2D eigenvalue weighted by Gasteiger charge is -2.12. The highest BCUT2D eigenvalue weighted by atomic mass is 35.5. The number of anilines is 1. The molecule has 0 saturated heterocycles. The third kappa shape index (κ3) is 4.59. The van der Waals surface area contributed by atoms with E-state index >= 15 is 0 Å². The fourth-order valence-corrected chi connectivity index (χ4v) is 2.38. The molecule has 0 bridgehead atoms. The van der Waals surface area contributed by atoms with Gasteiger partial charge in [0.15, 0.2) is 0 Å². The van der Waals surface area contributed by atoms with Gasteiger partial charge in [0.05, 0.1) is 6.54 Å². The molecule has 0 atom stereocenters. The first-order chi connectivity index (χ1) is 10.1. The maximum atomic E-state index is 12.0. The van der Waals surface area contributed by atoms with E-state index in [1.165, 1.54) is 0 Å². The van der Waals surface area contributed by atoms with Crippen LogP contribution in [0.1, 0.15) is 16.7 Å². The number of para-hydroxylation sites is 1. The fourth-order valence-electron chi connectivity index (χ4n) is 2.16. The van der Waals surface area contributed by atoms with E-state index in [1.807, 2.05) is 56.3 Å². The van der Waals surface area contributed by atoms with Crippen LogP contribution in [0.15, 0.2) is 42.5 Å². The van der Waals surface area contributed by atoms with Crippen molar-refractivity contribution >= 4 is 23.2 Å². The van der Waals surface area contributed by atoms with Gasteiger partial charge < -0.3 is 10.6 Å². The molecule has 21 heavy (non-hydrogen) atoms. The highest BCUT2D eigenvalue weighted by Gasteiger charge is 2.06. The maximum Gasteiger partial charge on any atom is 0.238 e. The van der Waals surface area contributed by atoms with E-state index in [0.29, 0.717) is 11.6 Å². The van der Waals surface area contributed by atoms with Crippen molar-refractivity contribution in [2.45, 2.75) is 20.4 Å². The summed E-state index contributed by atoms with van der Waals surface area (Å²) in [5.41, 5.74) is 4.09. The average molecular weight is 303 g/mol. The molecule has 2 N–H and O–H groups in total. The Kier molecular flexibility index (Phi) is 5.37. The number of carbonyl (C=O) groups is 1. The molecule has 2 aromatic rings. The van der Waals surface area contributed by atoms with Crippen LogP contribution >= 0.6 is 11.6 Å². The Morgan fingerprint density at radius 1 is 1.10 bits per heavy atom. The zero-order valence-electron chi connectivity index (χ0n) is 12.2. The lowest BCUT2D eigenvalue weighted by Crippen LogP contribution is -2.28. The monoisotopic (exact) mass is 302 g/mol. The Morgan fingerprint density at radius 2 is 1.76 bits per heavy atom. The van der Waals surface area contributed by atoms with Gasteiger partial charge in [-0.1, -0.05) is 41.9 Å². The number of nitrogens with one attached hydrogen (secondary N) is 2. The van der Waals surface area contributed by atoms with E-state index in [1.54, 1.807) is 0 Å². The van der Waals surface area contributed by atoms with Crippen LogP contribution < -0.4 is 10.6 Å². The maximum absolute atomic E-state index is 12.0. The van der Waals surface area contributed by atoms with Gasteiger partial charge in [-0.15, -0.1) is 0 Å². The SMILES string of the molecule is Cc1cccc(C)c1NC(=O)CNCc1cccc(Cl)c1. The predicted molar refractivity (Wildman–Crippen MR) is 87.7 cm³/mol. The molecule has 2 rings (SSSR count). The molecule has 0 unspecified atom stereocenters. The molecule has 0 radical (unpaired) electrons. The Balaban J connectivity index is 1.85. The minimum absolute atomic E-state index is 0.0468. The Bertz CT molecular complexity index is 620. The van der Waals surface area contributed by atoms with Gasteiger partial charge in [-0.3, -0.25) is 4.79 Å². The zero-order chi connectivity index (χ0) is 15.2. The zero-order valence-corrected chi connectivity index (χ0v) is 13.0. The van der Waals surface area contributed by atoms with Gasteiger partial charge in [0, 0.05) is 17.3 Å². The number of aryl methyl sites for hydroxylation is 2. The molecule has 0 fully saturated rings. The number of rotatable bonds is 5. The number of halogens is 1. The summed E-state index contributed by atoms with van der Waals surface area (Å²) in [6.07, 6.45) is 0. The van der Waals surface area contributed by atoms with Gasteiger partial charge in [0.2, 0.25) is 5.91 Å². The largest absolute Gasteiger partial charge is 0.324 e. The highest BCUT2D eigenvalue weighted by Crippen LogP contribution is 2.19. The molecule has 0 aliphatic carbocycles. The number of benzene rings is 2. The first-order valence-corrected chi connectivity index (χ1v) is 7.25. The van der Waals surface area contributed by atoms with Crippen LogP contribution in [0.3, 0.4) is 0 Å². The second kappa shape index (κ2) is 7.25. The summed E-state index contributed by atoms with van der Waals surface area (Å²) >= 11 is 5.92. The van der Waals surface area contributed by atoms with Crippen LogP contribution in [0.4, 0.5) is 5.69 Å². The van der Waals surface area contributed by atoms with Crippen LogP contribution in [0.25, 0.3) is 0 Å². The van der Waals surface area contributed by atoms with Crippen molar-refractivity contribution in [2.24, 2.45) is 0 Å². The Hall–Kier alpha value is -1.84. The summed E-state index contributed by atoms with van der Waals surface area (Å²) in [5.74, 6) is -0.0468. The topological polar surface area (TPSA) is 41.1 Å². The van der Waals surface area contributed by atoms with Gasteiger partial charge in [0.1, 0.15) is 0 Å². The van der Waals surface area contributed by atoms with Crippen LogP contribution in [0.5, 0.6) is 0 Å². The van der Waals surface area contributed by atoms with Gasteiger partial charge in [-0.2, -0.15) is 0 Å². The Labute approximate surface area is 130 Å². The smallest absolute Gasteiger partial charge is 0.238 e. The van der Waals surface area contributed by atoms with Gasteiger partial charge in [-0.05, 0) is 42.7 Å². The minimum atomic E-state index is -0.0468. The first kappa shape index (κ1) is 15.5. The summed E-state index contributed by atoms with van der Waals surface area (Å²) in [4.78, 5) is 12.0. The molecule has 0 spiro atoms. The lowest BCUT2D eigenvalue weighted by atomic mass is 10.1. The van der Waals surface area contributed by atoms with Crippen LogP contribution in [0.2, 0.25) is 5.02 Å². The summed E-state index contributed by atoms with van der Waals surface area (Å²) in [7, 11) is 0. The first-order valence-electron chi connectivity index (χ1n) is 6.87. The number of carbonyl (C=O) groups excluding carboxylic acids is 1. The third-order valence-corrected chi connectivity index (χ3v) is 3.48. The van der Waals surface area contributed by atoms with E-state index in [-0.39, 0.29) is 12.5 Å². The molecular weight excluding hydrogens is 284 g/mol. The summed E-state index contributed by atoms with van der Waals surface area (Å²) in [6.45, 7) is 4.85.